The van der Waals surface area contributed by atoms with Crippen molar-refractivity contribution < 1.29 is 8.83 Å². The van der Waals surface area contributed by atoms with Crippen molar-refractivity contribution in [3.8, 4) is 66.8 Å². The maximum atomic E-state index is 6.60. The number of hydrogen-bond acceptors (Lipinski definition) is 6. The third-order valence-electron chi connectivity index (χ3n) is 23.7. The molecule has 0 fully saturated rings. The number of furan rings is 2. The van der Waals surface area contributed by atoms with Crippen molar-refractivity contribution >= 4 is 101 Å². The molecule has 0 saturated heterocycles. The van der Waals surface area contributed by atoms with Crippen molar-refractivity contribution in [2.45, 2.75) is 18.4 Å². The third kappa shape index (κ3) is 14.5. The molecule has 6 heteroatoms. The maximum Gasteiger partial charge on any atom is 0.143 e. The van der Waals surface area contributed by atoms with Crippen molar-refractivity contribution in [1.82, 2.24) is 0 Å². The van der Waals surface area contributed by atoms with Gasteiger partial charge < -0.3 is 28.4 Å². The second kappa shape index (κ2) is 32.4. The number of allylic oxidation sites excluding steroid dienone is 1. The highest BCUT2D eigenvalue weighted by atomic mass is 16.3. The smallest absolute Gasteiger partial charge is 0.143 e. The van der Waals surface area contributed by atoms with E-state index in [9.17, 15) is 0 Å². The summed E-state index contributed by atoms with van der Waals surface area (Å²) in [5.74, 6) is 0.0680. The molecule has 0 radical (unpaired) electrons. The van der Waals surface area contributed by atoms with Crippen LogP contribution in [0, 0.1) is 0 Å². The van der Waals surface area contributed by atoms with Crippen molar-refractivity contribution in [2.24, 2.45) is 0 Å². The fourth-order valence-electron chi connectivity index (χ4n) is 17.7. The fraction of sp³-hybridized carbons (Fsp3) is 0.0261. The molecular weight excluding hydrogens is 1470 g/mol. The van der Waals surface area contributed by atoms with Crippen LogP contribution in [-0.4, -0.2) is 6.04 Å². The first-order valence-corrected chi connectivity index (χ1v) is 41.5. The number of nitrogens with zero attached hydrogens (tertiary/aromatic N) is 4. The van der Waals surface area contributed by atoms with Gasteiger partial charge in [-0.15, -0.1) is 0 Å². The second-order valence-corrected chi connectivity index (χ2v) is 31.0. The summed E-state index contributed by atoms with van der Waals surface area (Å²) < 4.78 is 13.1. The van der Waals surface area contributed by atoms with E-state index in [1.807, 2.05) is 24.3 Å². The van der Waals surface area contributed by atoms with E-state index in [2.05, 4.69) is 469 Å². The molecule has 1 aliphatic carbocycles. The van der Waals surface area contributed by atoms with Gasteiger partial charge in [0.25, 0.3) is 0 Å². The minimum atomic E-state index is 0.00103. The molecule has 0 saturated carbocycles. The van der Waals surface area contributed by atoms with Crippen molar-refractivity contribution in [2.75, 3.05) is 19.6 Å². The average molecular weight is 1550 g/mol. The Bertz CT molecular complexity index is 7020. The average Bonchev–Trinajstić information content (AvgIpc) is 1.71. The van der Waals surface area contributed by atoms with Crippen LogP contribution in [0.5, 0.6) is 0 Å². The molecule has 0 spiro atoms. The molecule has 0 amide bonds. The van der Waals surface area contributed by atoms with Crippen LogP contribution in [0.4, 0.5) is 56.9 Å². The minimum Gasteiger partial charge on any atom is -0.455 e. The van der Waals surface area contributed by atoms with E-state index in [0.29, 0.717) is 0 Å². The number of benzene rings is 18. The molecule has 0 bridgehead atoms. The number of para-hydroxylation sites is 6. The minimum absolute atomic E-state index is 0.00103. The number of rotatable bonds is 21. The summed E-state index contributed by atoms with van der Waals surface area (Å²) in [6.45, 7) is 0. The van der Waals surface area contributed by atoms with Crippen molar-refractivity contribution in [3.63, 3.8) is 0 Å². The van der Waals surface area contributed by atoms with Gasteiger partial charge in [0.2, 0.25) is 0 Å². The summed E-state index contributed by atoms with van der Waals surface area (Å²) in [6.07, 6.45) is 7.90. The van der Waals surface area contributed by atoms with Gasteiger partial charge in [-0.1, -0.05) is 334 Å². The van der Waals surface area contributed by atoms with Gasteiger partial charge in [-0.05, 0) is 218 Å². The molecule has 0 aliphatic heterocycles. The summed E-state index contributed by atoms with van der Waals surface area (Å²) in [6, 6.07) is 164. The molecule has 1 atom stereocenters. The standard InChI is InChI=1S/C115H82N4O2/c1-6-23-80(24-7-1)85-51-61-96(62-52-85)118(102-73-71-100(72-74-102)116(93-30-12-4-13-31-93)94-32-14-5-15-33-94)103-77-75-101(76-78-103)117(97-69-59-91(60-70-97)113(89-25-8-2-9-26-89)90-27-10-3-11-28-90)95-63-53-86(54-64-95)83-47-43-81(44-48-83)82-45-49-84(50-46-82)87-55-65-98(66-56-87)119(99-67-57-88(58-68-99)105-37-21-39-109-107-35-16-18-41-111(107)120-114(105)109)104-34-20-29-92(79-104)106-38-22-40-110-108-36-17-19-42-112(108)121-115(106)110/h1-77,79,103,113H,78H2. The number of fused-ring (bicyclic) bond motifs is 6. The van der Waals surface area contributed by atoms with Gasteiger partial charge in [0.05, 0.1) is 6.04 Å². The lowest BCUT2D eigenvalue weighted by Gasteiger charge is -2.35. The number of hydrogen-bond donors (Lipinski definition) is 0. The first-order chi connectivity index (χ1) is 60.0. The lowest BCUT2D eigenvalue weighted by Crippen LogP contribution is -2.31. The van der Waals surface area contributed by atoms with Gasteiger partial charge in [-0.2, -0.15) is 0 Å². The van der Waals surface area contributed by atoms with Gasteiger partial charge in [0.1, 0.15) is 22.3 Å². The molecule has 6 nitrogen and oxygen atoms in total. The zero-order valence-electron chi connectivity index (χ0n) is 66.5. The zero-order chi connectivity index (χ0) is 80.4. The molecule has 18 aromatic carbocycles. The molecule has 0 N–H and O–H groups in total. The Hall–Kier alpha value is -15.8. The lowest BCUT2D eigenvalue weighted by molar-refractivity contribution is 0.669. The summed E-state index contributed by atoms with van der Waals surface area (Å²) in [5.41, 5.74) is 32.6. The predicted molar refractivity (Wildman–Crippen MR) is 506 cm³/mol. The molecule has 121 heavy (non-hydrogen) atoms. The van der Waals surface area contributed by atoms with E-state index in [-0.39, 0.29) is 12.0 Å². The van der Waals surface area contributed by atoms with Gasteiger partial charge in [0, 0.05) is 101 Å². The molecule has 574 valence electrons. The zero-order valence-corrected chi connectivity index (χ0v) is 66.5. The van der Waals surface area contributed by atoms with Crippen molar-refractivity contribution in [1.29, 1.82) is 0 Å². The monoisotopic (exact) mass is 1550 g/mol. The van der Waals surface area contributed by atoms with Gasteiger partial charge in [0.15, 0.2) is 0 Å². The Labute approximate surface area is 705 Å². The third-order valence-corrected chi connectivity index (χ3v) is 23.7. The van der Waals surface area contributed by atoms with E-state index in [1.165, 1.54) is 27.8 Å². The first kappa shape index (κ1) is 72.9. The topological polar surface area (TPSA) is 39.2 Å². The fourth-order valence-corrected chi connectivity index (χ4v) is 17.7. The molecule has 21 rings (SSSR count). The quantitative estimate of drug-likeness (QED) is 0.0668. The second-order valence-electron chi connectivity index (χ2n) is 31.0. The molecule has 2 heterocycles. The van der Waals surface area contributed by atoms with E-state index in [0.717, 1.165) is 169 Å². The van der Waals surface area contributed by atoms with Gasteiger partial charge >= 0.3 is 0 Å². The van der Waals surface area contributed by atoms with E-state index < -0.39 is 0 Å². The summed E-state index contributed by atoms with van der Waals surface area (Å²) in [7, 11) is 0. The van der Waals surface area contributed by atoms with Gasteiger partial charge in [-0.25, -0.2) is 0 Å². The molecule has 1 aliphatic rings. The van der Waals surface area contributed by atoms with E-state index in [1.54, 1.807) is 0 Å². The molecule has 2 aromatic heterocycles. The maximum absolute atomic E-state index is 6.60. The van der Waals surface area contributed by atoms with Crippen LogP contribution in [0.15, 0.2) is 488 Å². The van der Waals surface area contributed by atoms with Crippen LogP contribution < -0.4 is 19.6 Å². The van der Waals surface area contributed by atoms with Crippen LogP contribution in [0.25, 0.3) is 111 Å². The van der Waals surface area contributed by atoms with Crippen LogP contribution in [0.3, 0.4) is 0 Å². The highest BCUT2D eigenvalue weighted by molar-refractivity contribution is 6.11. The molecule has 20 aromatic rings. The normalized spacial score (nSPS) is 12.6. The lowest BCUT2D eigenvalue weighted by atomic mass is 9.85. The first-order valence-electron chi connectivity index (χ1n) is 41.5. The highest BCUT2D eigenvalue weighted by Crippen LogP contribution is 2.46. The SMILES string of the molecule is C1=CC(N(c2ccc(-c3ccccc3)cc2)c2ccc(N(c3ccccc3)c3ccccc3)cc2)CC=C1N(c1ccc(-c2ccc(-c3ccc(-c4ccc(N(c5ccc(-c6cccc7c6oc6ccccc67)cc5)c5cccc(-c6cccc7c6oc6ccccc67)c5)cc4)cc3)cc2)cc1)c1ccc(C(c2ccccc2)c2ccccc2)cc1. The van der Waals surface area contributed by atoms with Crippen LogP contribution >= 0.6 is 0 Å². The Kier molecular flexibility index (Phi) is 19.5. The van der Waals surface area contributed by atoms with E-state index >= 15 is 0 Å². The van der Waals surface area contributed by atoms with Crippen LogP contribution in [0.2, 0.25) is 0 Å². The van der Waals surface area contributed by atoms with Crippen LogP contribution in [-0.2, 0) is 0 Å². The summed E-state index contributed by atoms with van der Waals surface area (Å²) in [5, 5.41) is 4.44. The largest absolute Gasteiger partial charge is 0.455 e. The van der Waals surface area contributed by atoms with Gasteiger partial charge in [-0.3, -0.25) is 0 Å². The number of anilines is 10. The van der Waals surface area contributed by atoms with E-state index in [4.69, 9.17) is 8.83 Å². The Morgan fingerprint density at radius 3 is 0.967 bits per heavy atom. The van der Waals surface area contributed by atoms with Crippen molar-refractivity contribution in [3.05, 3.63) is 496 Å². The Morgan fingerprint density at radius 1 is 0.223 bits per heavy atom. The molecule has 1 unspecified atom stereocenters. The molecular formula is C115H82N4O2. The summed E-state index contributed by atoms with van der Waals surface area (Å²) in [4.78, 5) is 9.58. The highest BCUT2D eigenvalue weighted by Gasteiger charge is 2.27. The Balaban J connectivity index is 0.564. The summed E-state index contributed by atoms with van der Waals surface area (Å²) >= 11 is 0. The van der Waals surface area contributed by atoms with Crippen LogP contribution in [0.1, 0.15) is 29.0 Å². The Morgan fingerprint density at radius 2 is 0.521 bits per heavy atom. The predicted octanol–water partition coefficient (Wildman–Crippen LogP) is 31.8.